The lowest BCUT2D eigenvalue weighted by atomic mass is 10.2. The summed E-state index contributed by atoms with van der Waals surface area (Å²) in [5.41, 5.74) is 0.907. The molecule has 0 aliphatic carbocycles. The van der Waals surface area contributed by atoms with Gasteiger partial charge in [0.2, 0.25) is 11.8 Å². The zero-order valence-corrected chi connectivity index (χ0v) is 19.0. The van der Waals surface area contributed by atoms with E-state index in [2.05, 4.69) is 20.4 Å². The first-order chi connectivity index (χ1) is 17.0. The lowest BCUT2D eigenvalue weighted by Gasteiger charge is -2.10. The summed E-state index contributed by atoms with van der Waals surface area (Å²) in [5.74, 6) is 0.336. The van der Waals surface area contributed by atoms with E-state index in [0.29, 0.717) is 34.4 Å². The molecule has 10 nitrogen and oxygen atoms in total. The van der Waals surface area contributed by atoms with E-state index in [1.807, 2.05) is 6.92 Å². The second-order valence-electron chi connectivity index (χ2n) is 7.83. The number of fused-ring (bicyclic) bond motifs is 3. The maximum atomic E-state index is 14.1. The number of aryl methyl sites for hydroxylation is 1. The molecule has 5 aromatic rings. The van der Waals surface area contributed by atoms with Crippen molar-refractivity contribution in [3.05, 3.63) is 76.7 Å². The van der Waals surface area contributed by atoms with Crippen molar-refractivity contribution in [2.24, 2.45) is 0 Å². The van der Waals surface area contributed by atoms with Gasteiger partial charge >= 0.3 is 0 Å². The predicted octanol–water partition coefficient (Wildman–Crippen LogP) is 3.13. The van der Waals surface area contributed by atoms with Crippen molar-refractivity contribution < 1.29 is 18.4 Å². The molecule has 3 heterocycles. The maximum Gasteiger partial charge on any atom is 0.278 e. The van der Waals surface area contributed by atoms with Crippen LogP contribution in [0.3, 0.4) is 0 Å². The van der Waals surface area contributed by atoms with Crippen LogP contribution >= 0.6 is 0 Å². The van der Waals surface area contributed by atoms with E-state index in [0.717, 1.165) is 0 Å². The summed E-state index contributed by atoms with van der Waals surface area (Å²) in [6.07, 6.45) is 2.01. The van der Waals surface area contributed by atoms with Gasteiger partial charge < -0.3 is 19.1 Å². The van der Waals surface area contributed by atoms with Gasteiger partial charge in [0.15, 0.2) is 5.82 Å². The molecule has 3 aromatic heterocycles. The summed E-state index contributed by atoms with van der Waals surface area (Å²) in [6.45, 7) is 1.69. The van der Waals surface area contributed by atoms with Gasteiger partial charge in [-0.15, -0.1) is 0 Å². The Kier molecular flexibility index (Phi) is 5.73. The van der Waals surface area contributed by atoms with Gasteiger partial charge in [-0.1, -0.05) is 24.2 Å². The van der Waals surface area contributed by atoms with Gasteiger partial charge in [-0.25, -0.2) is 9.37 Å². The Morgan fingerprint density at radius 2 is 2.06 bits per heavy atom. The fourth-order valence-electron chi connectivity index (χ4n) is 3.92. The van der Waals surface area contributed by atoms with Crippen LogP contribution in [0.4, 0.5) is 10.1 Å². The molecule has 1 N–H and O–H groups in total. The number of anilines is 1. The average molecular weight is 476 g/mol. The molecule has 0 fully saturated rings. The van der Waals surface area contributed by atoms with Crippen molar-refractivity contribution in [1.82, 2.24) is 24.3 Å². The highest BCUT2D eigenvalue weighted by atomic mass is 19.1. The van der Waals surface area contributed by atoms with Crippen LogP contribution in [0.25, 0.3) is 21.9 Å². The molecule has 178 valence electrons. The molecule has 0 spiro atoms. The van der Waals surface area contributed by atoms with Crippen molar-refractivity contribution in [1.29, 1.82) is 0 Å². The number of ether oxygens (including phenoxy) is 1. The van der Waals surface area contributed by atoms with Gasteiger partial charge in [-0.05, 0) is 30.3 Å². The van der Waals surface area contributed by atoms with E-state index in [1.54, 1.807) is 28.8 Å². The van der Waals surface area contributed by atoms with Crippen LogP contribution in [0.15, 0.2) is 58.1 Å². The van der Waals surface area contributed by atoms with Crippen LogP contribution in [0.5, 0.6) is 5.75 Å². The van der Waals surface area contributed by atoms with Gasteiger partial charge in [0.1, 0.15) is 35.7 Å². The highest BCUT2D eigenvalue weighted by molar-refractivity contribution is 6.07. The summed E-state index contributed by atoms with van der Waals surface area (Å²) in [4.78, 5) is 35.2. The molecule has 5 rings (SSSR count). The number of hydrogen-bond donors (Lipinski definition) is 1. The number of aromatic nitrogens is 5. The van der Waals surface area contributed by atoms with Gasteiger partial charge in [-0.2, -0.15) is 4.98 Å². The molecule has 0 radical (unpaired) electrons. The van der Waals surface area contributed by atoms with Crippen LogP contribution in [0.1, 0.15) is 18.6 Å². The number of amides is 1. The van der Waals surface area contributed by atoms with Crippen molar-refractivity contribution >= 4 is 33.5 Å². The minimum Gasteiger partial charge on any atom is -0.497 e. The standard InChI is InChI=1S/C24H21FN6O4/c1-3-19-28-21(35-29-19)12-30-13-26-22-15-10-14(34-2)8-9-18(15)31(23(22)24(30)33)11-20(32)27-17-7-5-4-6-16(17)25/h4-10,13H,3,11-12H2,1-2H3,(H,27,32). The normalized spacial score (nSPS) is 11.3. The molecular formula is C24H21FN6O4. The number of carbonyl (C=O) groups excluding carboxylic acids is 1. The summed E-state index contributed by atoms with van der Waals surface area (Å²) >= 11 is 0. The lowest BCUT2D eigenvalue weighted by molar-refractivity contribution is -0.116. The molecular weight excluding hydrogens is 455 g/mol. The molecule has 0 bridgehead atoms. The number of hydrogen-bond acceptors (Lipinski definition) is 7. The molecule has 1 amide bonds. The Labute approximate surface area is 198 Å². The molecule has 0 saturated carbocycles. The van der Waals surface area contributed by atoms with Gasteiger partial charge in [0, 0.05) is 11.8 Å². The summed E-state index contributed by atoms with van der Waals surface area (Å²) in [7, 11) is 1.54. The smallest absolute Gasteiger partial charge is 0.278 e. The number of nitrogens with zero attached hydrogens (tertiary/aromatic N) is 5. The third kappa shape index (κ3) is 4.12. The Morgan fingerprint density at radius 1 is 1.23 bits per heavy atom. The predicted molar refractivity (Wildman–Crippen MR) is 126 cm³/mol. The summed E-state index contributed by atoms with van der Waals surface area (Å²) in [5, 5.41) is 7.06. The second kappa shape index (κ2) is 9.01. The number of para-hydroxylation sites is 1. The van der Waals surface area contributed by atoms with Crippen molar-refractivity contribution in [2.75, 3.05) is 12.4 Å². The van der Waals surface area contributed by atoms with E-state index < -0.39 is 11.7 Å². The van der Waals surface area contributed by atoms with E-state index in [9.17, 15) is 14.0 Å². The van der Waals surface area contributed by atoms with Gasteiger partial charge in [0.05, 0.1) is 24.6 Å². The number of carbonyl (C=O) groups is 1. The van der Waals surface area contributed by atoms with Crippen molar-refractivity contribution in [3.63, 3.8) is 0 Å². The maximum absolute atomic E-state index is 14.1. The minimum atomic E-state index is -0.553. The largest absolute Gasteiger partial charge is 0.497 e. The van der Waals surface area contributed by atoms with Crippen molar-refractivity contribution in [2.45, 2.75) is 26.4 Å². The number of methoxy groups -OCH3 is 1. The van der Waals surface area contributed by atoms with Gasteiger partial charge in [0.25, 0.3) is 5.56 Å². The van der Waals surface area contributed by atoms with Crippen LogP contribution in [0.2, 0.25) is 0 Å². The zero-order valence-electron chi connectivity index (χ0n) is 19.0. The third-order valence-corrected chi connectivity index (χ3v) is 5.62. The molecule has 0 atom stereocenters. The average Bonchev–Trinajstić information content (AvgIpc) is 3.44. The van der Waals surface area contributed by atoms with Crippen LogP contribution in [-0.4, -0.2) is 37.3 Å². The topological polar surface area (TPSA) is 117 Å². The van der Waals surface area contributed by atoms with E-state index in [4.69, 9.17) is 9.26 Å². The molecule has 11 heteroatoms. The molecule has 0 saturated heterocycles. The zero-order chi connectivity index (χ0) is 24.5. The van der Waals surface area contributed by atoms with Crippen LogP contribution < -0.4 is 15.6 Å². The highest BCUT2D eigenvalue weighted by Crippen LogP contribution is 2.29. The van der Waals surface area contributed by atoms with E-state index in [1.165, 1.54) is 36.2 Å². The number of benzene rings is 2. The Bertz CT molecular complexity index is 1620. The number of rotatable bonds is 7. The molecule has 0 aliphatic heterocycles. The van der Waals surface area contributed by atoms with Crippen LogP contribution in [0, 0.1) is 5.82 Å². The molecule has 0 aliphatic rings. The van der Waals surface area contributed by atoms with E-state index >= 15 is 0 Å². The molecule has 35 heavy (non-hydrogen) atoms. The van der Waals surface area contributed by atoms with Crippen molar-refractivity contribution in [3.8, 4) is 5.75 Å². The first-order valence-corrected chi connectivity index (χ1v) is 10.9. The molecule has 0 unspecified atom stereocenters. The van der Waals surface area contributed by atoms with E-state index in [-0.39, 0.29) is 35.7 Å². The minimum absolute atomic E-state index is 0.0288. The number of halogens is 1. The highest BCUT2D eigenvalue weighted by Gasteiger charge is 2.20. The Morgan fingerprint density at radius 3 is 2.80 bits per heavy atom. The lowest BCUT2D eigenvalue weighted by Crippen LogP contribution is -2.25. The van der Waals surface area contributed by atoms with Crippen LogP contribution in [-0.2, 0) is 24.3 Å². The number of nitrogens with one attached hydrogen (secondary N) is 1. The summed E-state index contributed by atoms with van der Waals surface area (Å²) in [6, 6.07) is 11.1. The third-order valence-electron chi connectivity index (χ3n) is 5.62. The fourth-order valence-corrected chi connectivity index (χ4v) is 3.92. The first-order valence-electron chi connectivity index (χ1n) is 10.9. The molecule has 2 aromatic carbocycles. The second-order valence-corrected chi connectivity index (χ2v) is 7.83. The van der Waals surface area contributed by atoms with Gasteiger partial charge in [-0.3, -0.25) is 14.2 Å². The fraction of sp³-hybridized carbons (Fsp3) is 0.208. The SMILES string of the molecule is CCc1noc(Cn2cnc3c4cc(OC)ccc4n(CC(=O)Nc4ccccc4F)c3c2=O)n1. The quantitative estimate of drug-likeness (QED) is 0.384. The monoisotopic (exact) mass is 476 g/mol. The summed E-state index contributed by atoms with van der Waals surface area (Å²) < 4.78 is 27.5. The Hall–Kier alpha value is -4.54. The first kappa shape index (κ1) is 22.3. The Balaban J connectivity index is 1.61.